The van der Waals surface area contributed by atoms with Gasteiger partial charge in [-0.25, -0.2) is 0 Å². The van der Waals surface area contributed by atoms with Crippen LogP contribution in [0.5, 0.6) is 0 Å². The summed E-state index contributed by atoms with van der Waals surface area (Å²) in [5.41, 5.74) is 0. The Morgan fingerprint density at radius 1 is 1.18 bits per heavy atom. The van der Waals surface area contributed by atoms with Gasteiger partial charge in [-0.1, -0.05) is 0 Å². The molecule has 7 heteroatoms. The first kappa shape index (κ1) is 15.7. The van der Waals surface area contributed by atoms with E-state index in [-0.39, 0.29) is 18.4 Å². The molecule has 3 aliphatic heterocycles. The van der Waals surface area contributed by atoms with E-state index in [0.29, 0.717) is 25.7 Å². The minimum absolute atomic E-state index is 0.0546. The smallest absolute Gasteiger partial charge is 0.239 e. The van der Waals surface area contributed by atoms with Gasteiger partial charge in [0.25, 0.3) is 0 Å². The summed E-state index contributed by atoms with van der Waals surface area (Å²) < 4.78 is 5.68. The molecule has 3 fully saturated rings. The van der Waals surface area contributed by atoms with Crippen LogP contribution in [0, 0.1) is 0 Å². The monoisotopic (exact) mass is 310 g/mol. The summed E-state index contributed by atoms with van der Waals surface area (Å²) in [6.07, 6.45) is 2.76. The van der Waals surface area contributed by atoms with Crippen LogP contribution in [-0.4, -0.2) is 98.1 Å². The van der Waals surface area contributed by atoms with Gasteiger partial charge in [0.2, 0.25) is 11.8 Å². The van der Waals surface area contributed by atoms with E-state index in [9.17, 15) is 9.59 Å². The molecule has 1 atom stereocenters. The predicted octanol–water partition coefficient (Wildman–Crippen LogP) is -1.26. The van der Waals surface area contributed by atoms with Crippen LogP contribution in [0.15, 0.2) is 0 Å². The summed E-state index contributed by atoms with van der Waals surface area (Å²) >= 11 is 0. The molecule has 124 valence electrons. The van der Waals surface area contributed by atoms with Gasteiger partial charge in [0.1, 0.15) is 0 Å². The van der Waals surface area contributed by atoms with Crippen molar-refractivity contribution in [3.05, 3.63) is 0 Å². The zero-order chi connectivity index (χ0) is 15.4. The highest BCUT2D eigenvalue weighted by Crippen LogP contribution is 2.14. The highest BCUT2D eigenvalue weighted by molar-refractivity contribution is 5.86. The molecule has 1 unspecified atom stereocenters. The maximum Gasteiger partial charge on any atom is 0.239 e. The molecule has 3 aliphatic rings. The molecule has 3 saturated heterocycles. The van der Waals surface area contributed by atoms with Gasteiger partial charge >= 0.3 is 0 Å². The van der Waals surface area contributed by atoms with E-state index in [1.54, 1.807) is 4.90 Å². The Hall–Kier alpha value is -1.18. The van der Waals surface area contributed by atoms with E-state index >= 15 is 0 Å². The number of piperazine rings is 2. The van der Waals surface area contributed by atoms with E-state index in [0.717, 1.165) is 39.3 Å². The summed E-state index contributed by atoms with van der Waals surface area (Å²) in [5.74, 6) is 0.0170. The number of hydrogen-bond donors (Lipinski definition) is 1. The minimum Gasteiger partial charge on any atom is -0.377 e. The first-order valence-electron chi connectivity index (χ1n) is 8.31. The molecule has 0 spiro atoms. The maximum atomic E-state index is 12.2. The lowest BCUT2D eigenvalue weighted by molar-refractivity contribution is -0.139. The standard InChI is InChI=1S/C15H26N4O3/c20-14-11-19(4-3-16-14)15(21)12-18-7-5-17(6-8-18)10-13-2-1-9-22-13/h13H,1-12H2,(H,16,20). The van der Waals surface area contributed by atoms with E-state index in [4.69, 9.17) is 4.74 Å². The van der Waals surface area contributed by atoms with Gasteiger partial charge < -0.3 is 15.0 Å². The van der Waals surface area contributed by atoms with Crippen LogP contribution in [0.1, 0.15) is 12.8 Å². The number of carbonyl (C=O) groups is 2. The molecule has 0 aromatic carbocycles. The van der Waals surface area contributed by atoms with Crippen molar-refractivity contribution in [1.82, 2.24) is 20.0 Å². The lowest BCUT2D eigenvalue weighted by Gasteiger charge is -2.36. The number of nitrogens with zero attached hydrogens (tertiary/aromatic N) is 3. The second-order valence-corrected chi connectivity index (χ2v) is 6.38. The number of hydrogen-bond acceptors (Lipinski definition) is 5. The molecule has 0 bridgehead atoms. The zero-order valence-electron chi connectivity index (χ0n) is 13.1. The molecule has 0 aliphatic carbocycles. The summed E-state index contributed by atoms with van der Waals surface area (Å²) in [5, 5.41) is 2.75. The van der Waals surface area contributed by atoms with Gasteiger partial charge in [0, 0.05) is 52.4 Å². The van der Waals surface area contributed by atoms with Crippen molar-refractivity contribution in [1.29, 1.82) is 0 Å². The molecule has 3 rings (SSSR count). The van der Waals surface area contributed by atoms with Crippen molar-refractivity contribution in [3.63, 3.8) is 0 Å². The van der Waals surface area contributed by atoms with Crippen molar-refractivity contribution < 1.29 is 14.3 Å². The van der Waals surface area contributed by atoms with Crippen LogP contribution in [0.25, 0.3) is 0 Å². The highest BCUT2D eigenvalue weighted by Gasteiger charge is 2.26. The SMILES string of the molecule is O=C1CN(C(=O)CN2CCN(CC3CCCO3)CC2)CCN1. The highest BCUT2D eigenvalue weighted by atomic mass is 16.5. The maximum absolute atomic E-state index is 12.2. The Balaban J connectivity index is 1.37. The van der Waals surface area contributed by atoms with Crippen LogP contribution < -0.4 is 5.32 Å². The fourth-order valence-electron chi connectivity index (χ4n) is 3.35. The van der Waals surface area contributed by atoms with Crippen molar-refractivity contribution in [2.75, 3.05) is 65.5 Å². The van der Waals surface area contributed by atoms with Crippen molar-refractivity contribution in [3.8, 4) is 0 Å². The number of amides is 2. The van der Waals surface area contributed by atoms with Crippen LogP contribution >= 0.6 is 0 Å². The summed E-state index contributed by atoms with van der Waals surface area (Å²) in [6.45, 7) is 7.58. The molecule has 0 saturated carbocycles. The molecule has 22 heavy (non-hydrogen) atoms. The molecule has 0 aromatic heterocycles. The third-order valence-corrected chi connectivity index (χ3v) is 4.70. The average Bonchev–Trinajstić information content (AvgIpc) is 3.02. The van der Waals surface area contributed by atoms with Crippen molar-refractivity contribution >= 4 is 11.8 Å². The third kappa shape index (κ3) is 4.18. The quantitative estimate of drug-likeness (QED) is 0.702. The molecule has 2 amide bonds. The van der Waals surface area contributed by atoms with Crippen LogP contribution in [-0.2, 0) is 14.3 Å². The predicted molar refractivity (Wildman–Crippen MR) is 81.4 cm³/mol. The van der Waals surface area contributed by atoms with Crippen LogP contribution in [0.2, 0.25) is 0 Å². The summed E-state index contributed by atoms with van der Waals surface area (Å²) in [7, 11) is 0. The number of carbonyl (C=O) groups excluding carboxylic acids is 2. The normalized spacial score (nSPS) is 27.9. The third-order valence-electron chi connectivity index (χ3n) is 4.70. The number of nitrogens with one attached hydrogen (secondary N) is 1. The second-order valence-electron chi connectivity index (χ2n) is 6.38. The topological polar surface area (TPSA) is 65.1 Å². The summed E-state index contributed by atoms with van der Waals surface area (Å²) in [4.78, 5) is 29.9. The minimum atomic E-state index is -0.0546. The van der Waals surface area contributed by atoms with Gasteiger partial charge in [-0.2, -0.15) is 0 Å². The molecular formula is C15H26N4O3. The van der Waals surface area contributed by atoms with E-state index in [1.165, 1.54) is 12.8 Å². The zero-order valence-corrected chi connectivity index (χ0v) is 13.1. The van der Waals surface area contributed by atoms with Gasteiger partial charge in [-0.3, -0.25) is 19.4 Å². The number of rotatable bonds is 4. The second kappa shape index (κ2) is 7.39. The lowest BCUT2D eigenvalue weighted by Crippen LogP contribution is -2.55. The van der Waals surface area contributed by atoms with E-state index in [2.05, 4.69) is 15.1 Å². The van der Waals surface area contributed by atoms with Gasteiger partial charge in [0.05, 0.1) is 19.2 Å². The van der Waals surface area contributed by atoms with Gasteiger partial charge in [-0.05, 0) is 12.8 Å². The Morgan fingerprint density at radius 3 is 2.64 bits per heavy atom. The van der Waals surface area contributed by atoms with E-state index in [1.807, 2.05) is 0 Å². The van der Waals surface area contributed by atoms with Crippen molar-refractivity contribution in [2.45, 2.75) is 18.9 Å². The first-order valence-corrected chi connectivity index (χ1v) is 8.31. The molecule has 0 aromatic rings. The average molecular weight is 310 g/mol. The molecule has 3 heterocycles. The molecule has 7 nitrogen and oxygen atoms in total. The Bertz CT molecular complexity index is 404. The lowest BCUT2D eigenvalue weighted by atomic mass is 10.2. The first-order chi connectivity index (χ1) is 10.7. The molecule has 1 N–H and O–H groups in total. The van der Waals surface area contributed by atoms with E-state index < -0.39 is 0 Å². The fourth-order valence-corrected chi connectivity index (χ4v) is 3.35. The Morgan fingerprint density at radius 2 is 1.95 bits per heavy atom. The number of ether oxygens (including phenoxy) is 1. The van der Waals surface area contributed by atoms with Gasteiger partial charge in [-0.15, -0.1) is 0 Å². The van der Waals surface area contributed by atoms with Crippen LogP contribution in [0.4, 0.5) is 0 Å². The molecular weight excluding hydrogens is 284 g/mol. The van der Waals surface area contributed by atoms with Gasteiger partial charge in [0.15, 0.2) is 0 Å². The molecule has 0 radical (unpaired) electrons. The largest absolute Gasteiger partial charge is 0.377 e. The van der Waals surface area contributed by atoms with Crippen LogP contribution in [0.3, 0.4) is 0 Å². The Labute approximate surface area is 131 Å². The van der Waals surface area contributed by atoms with Crippen molar-refractivity contribution in [2.24, 2.45) is 0 Å². The fraction of sp³-hybridized carbons (Fsp3) is 0.867. The Kier molecular flexibility index (Phi) is 5.28. The summed E-state index contributed by atoms with van der Waals surface area (Å²) in [6, 6.07) is 0.